The molecule has 9 nitrogen and oxygen atoms in total. The number of benzene rings is 3. The number of fused-ring (bicyclic) bond motifs is 1. The number of carbonyl (C=O) groups is 2. The van der Waals surface area contributed by atoms with E-state index in [9.17, 15) is 18.0 Å². The van der Waals surface area contributed by atoms with Crippen LogP contribution in [0, 0.1) is 0 Å². The number of carboxylic acid groups (broad SMARTS) is 2. The minimum Gasteiger partial charge on any atom is -0.478 e. The van der Waals surface area contributed by atoms with Crippen molar-refractivity contribution in [2.75, 3.05) is 6.54 Å². The lowest BCUT2D eigenvalue weighted by atomic mass is 10.1. The minimum absolute atomic E-state index is 0.0696. The van der Waals surface area contributed by atoms with E-state index in [-0.39, 0.29) is 18.0 Å². The van der Waals surface area contributed by atoms with E-state index in [1.54, 1.807) is 18.2 Å². The van der Waals surface area contributed by atoms with Gasteiger partial charge in [-0.25, -0.2) is 18.0 Å². The zero-order valence-electron chi connectivity index (χ0n) is 21.2. The lowest BCUT2D eigenvalue weighted by Crippen LogP contribution is -2.35. The third-order valence-electron chi connectivity index (χ3n) is 6.25. The van der Waals surface area contributed by atoms with Crippen LogP contribution < -0.4 is 4.74 Å². The lowest BCUT2D eigenvalue weighted by Gasteiger charge is -2.22. The molecule has 0 radical (unpaired) electrons. The maximum atomic E-state index is 13.5. The van der Waals surface area contributed by atoms with Crippen molar-refractivity contribution in [3.05, 3.63) is 102 Å². The Morgan fingerprint density at radius 2 is 1.49 bits per heavy atom. The van der Waals surface area contributed by atoms with Gasteiger partial charge >= 0.3 is 11.9 Å². The molecule has 0 aliphatic carbocycles. The standard InChI is InChI=1S/C29H30N2O7S/c32-28(33)27(29(34)35)38-25-15-14-23-17-24(30-26(23)18-25)19-31(16-8-7-11-21-9-3-1-4-10-21)39(36,37)20-22-12-5-2-6-13-22/h1-6,9-10,12-15,17-18,27,30H,7-8,11,16,19-20H2,(H,32,33)(H,34,35). The molecule has 10 heteroatoms. The minimum atomic E-state index is -3.64. The van der Waals surface area contributed by atoms with Crippen LogP contribution in [0.25, 0.3) is 10.9 Å². The number of carboxylic acids is 2. The lowest BCUT2D eigenvalue weighted by molar-refractivity contribution is -0.159. The molecule has 1 aromatic heterocycles. The molecular weight excluding hydrogens is 520 g/mol. The molecule has 0 aliphatic rings. The van der Waals surface area contributed by atoms with Crippen LogP contribution in [0.2, 0.25) is 0 Å². The van der Waals surface area contributed by atoms with E-state index >= 15 is 0 Å². The van der Waals surface area contributed by atoms with E-state index in [4.69, 9.17) is 14.9 Å². The second kappa shape index (κ2) is 12.6. The first-order valence-electron chi connectivity index (χ1n) is 12.5. The highest BCUT2D eigenvalue weighted by Crippen LogP contribution is 2.24. The van der Waals surface area contributed by atoms with Crippen molar-refractivity contribution in [3.8, 4) is 5.75 Å². The van der Waals surface area contributed by atoms with Gasteiger partial charge < -0.3 is 19.9 Å². The summed E-state index contributed by atoms with van der Waals surface area (Å²) in [5, 5.41) is 18.9. The number of aliphatic carboxylic acids is 2. The largest absolute Gasteiger partial charge is 0.478 e. The molecule has 0 saturated carbocycles. The predicted molar refractivity (Wildman–Crippen MR) is 147 cm³/mol. The number of H-pyrrole nitrogens is 1. The van der Waals surface area contributed by atoms with E-state index in [0.717, 1.165) is 18.2 Å². The summed E-state index contributed by atoms with van der Waals surface area (Å²) in [5.74, 6) is -3.26. The van der Waals surface area contributed by atoms with Crippen LogP contribution in [0.15, 0.2) is 84.9 Å². The van der Waals surface area contributed by atoms with Gasteiger partial charge in [0, 0.05) is 23.8 Å². The van der Waals surface area contributed by atoms with Gasteiger partial charge in [0.15, 0.2) is 0 Å². The van der Waals surface area contributed by atoms with Crippen LogP contribution >= 0.6 is 0 Å². The number of aromatic amines is 1. The number of rotatable bonds is 14. The van der Waals surface area contributed by atoms with Gasteiger partial charge in [-0.05, 0) is 54.0 Å². The summed E-state index contributed by atoms with van der Waals surface area (Å²) in [6, 6.07) is 25.6. The third kappa shape index (κ3) is 7.68. The van der Waals surface area contributed by atoms with Crippen LogP contribution in [0.4, 0.5) is 0 Å². The molecule has 1 heterocycles. The van der Waals surface area contributed by atoms with Crippen LogP contribution in [-0.2, 0) is 38.3 Å². The molecule has 204 valence electrons. The molecule has 0 saturated heterocycles. The first kappa shape index (κ1) is 27.9. The highest BCUT2D eigenvalue weighted by Gasteiger charge is 2.28. The van der Waals surface area contributed by atoms with Crippen molar-refractivity contribution in [1.82, 2.24) is 9.29 Å². The Balaban J connectivity index is 1.51. The Labute approximate surface area is 226 Å². The number of sulfonamides is 1. The third-order valence-corrected chi connectivity index (χ3v) is 8.05. The number of ether oxygens (including phenoxy) is 1. The Bertz CT molecular complexity index is 1510. The fourth-order valence-electron chi connectivity index (χ4n) is 4.31. The van der Waals surface area contributed by atoms with Gasteiger partial charge in [0.25, 0.3) is 6.10 Å². The van der Waals surface area contributed by atoms with Gasteiger partial charge in [0.1, 0.15) is 5.75 Å². The number of nitrogens with zero attached hydrogens (tertiary/aromatic N) is 1. The van der Waals surface area contributed by atoms with Gasteiger partial charge in [-0.3, -0.25) is 0 Å². The van der Waals surface area contributed by atoms with E-state index in [1.807, 2.05) is 42.5 Å². The van der Waals surface area contributed by atoms with E-state index in [2.05, 4.69) is 17.1 Å². The molecular formula is C29H30N2O7S. The molecule has 0 spiro atoms. The molecule has 0 atom stereocenters. The van der Waals surface area contributed by atoms with Gasteiger partial charge in [0.2, 0.25) is 10.0 Å². The quantitative estimate of drug-likeness (QED) is 0.156. The average molecular weight is 551 g/mol. The van der Waals surface area contributed by atoms with Crippen LogP contribution in [-0.4, -0.2) is 52.5 Å². The zero-order chi connectivity index (χ0) is 27.8. The van der Waals surface area contributed by atoms with Crippen molar-refractivity contribution in [2.24, 2.45) is 0 Å². The van der Waals surface area contributed by atoms with Gasteiger partial charge in [-0.1, -0.05) is 60.7 Å². The van der Waals surface area contributed by atoms with E-state index in [1.165, 1.54) is 22.0 Å². The summed E-state index contributed by atoms with van der Waals surface area (Å²) in [4.78, 5) is 25.5. The molecule has 39 heavy (non-hydrogen) atoms. The van der Waals surface area contributed by atoms with Crippen LogP contribution in [0.5, 0.6) is 5.75 Å². The smallest absolute Gasteiger partial charge is 0.356 e. The Hall–Kier alpha value is -4.15. The second-order valence-corrected chi connectivity index (χ2v) is 11.2. The fourth-order valence-corrected chi connectivity index (χ4v) is 5.85. The Morgan fingerprint density at radius 3 is 2.13 bits per heavy atom. The number of hydrogen-bond donors (Lipinski definition) is 3. The summed E-state index contributed by atoms with van der Waals surface area (Å²) < 4.78 is 33.6. The highest BCUT2D eigenvalue weighted by molar-refractivity contribution is 7.88. The first-order chi connectivity index (χ1) is 18.7. The summed E-state index contributed by atoms with van der Waals surface area (Å²) in [6.07, 6.45) is 0.345. The molecule has 3 aromatic carbocycles. The summed E-state index contributed by atoms with van der Waals surface area (Å²) in [6.45, 7) is 0.475. The number of nitrogens with one attached hydrogen (secondary N) is 1. The maximum absolute atomic E-state index is 13.5. The number of unbranched alkanes of at least 4 members (excludes halogenated alkanes) is 1. The highest BCUT2D eigenvalue weighted by atomic mass is 32.2. The Morgan fingerprint density at radius 1 is 0.846 bits per heavy atom. The molecule has 0 amide bonds. The number of hydrogen-bond acceptors (Lipinski definition) is 5. The second-order valence-electron chi connectivity index (χ2n) is 9.24. The van der Waals surface area contributed by atoms with Crippen LogP contribution in [0.1, 0.15) is 29.7 Å². The monoisotopic (exact) mass is 550 g/mol. The normalized spacial score (nSPS) is 11.7. The summed E-state index contributed by atoms with van der Waals surface area (Å²) in [7, 11) is -3.64. The number of aryl methyl sites for hydroxylation is 1. The fraction of sp³-hybridized carbons (Fsp3) is 0.241. The summed E-state index contributed by atoms with van der Waals surface area (Å²) in [5.41, 5.74) is 3.13. The predicted octanol–water partition coefficient (Wildman–Crippen LogP) is 4.44. The van der Waals surface area contributed by atoms with E-state index in [0.29, 0.717) is 29.7 Å². The SMILES string of the molecule is O=C(O)C(Oc1ccc2cc(CN(CCCCc3ccccc3)S(=O)(=O)Cc3ccccc3)[nH]c2c1)C(=O)O. The van der Waals surface area contributed by atoms with Crippen molar-refractivity contribution < 1.29 is 33.0 Å². The van der Waals surface area contributed by atoms with E-state index < -0.39 is 28.1 Å². The summed E-state index contributed by atoms with van der Waals surface area (Å²) >= 11 is 0. The molecule has 0 fully saturated rings. The molecule has 0 bridgehead atoms. The Kier molecular flexibility index (Phi) is 9.00. The molecule has 4 rings (SSSR count). The van der Waals surface area contributed by atoms with Crippen molar-refractivity contribution in [2.45, 2.75) is 37.7 Å². The topological polar surface area (TPSA) is 137 Å². The molecule has 0 unspecified atom stereocenters. The van der Waals surface area contributed by atoms with Crippen molar-refractivity contribution >= 4 is 32.9 Å². The van der Waals surface area contributed by atoms with Crippen LogP contribution in [0.3, 0.4) is 0 Å². The zero-order valence-corrected chi connectivity index (χ0v) is 22.0. The van der Waals surface area contributed by atoms with Crippen molar-refractivity contribution in [3.63, 3.8) is 0 Å². The molecule has 0 aliphatic heterocycles. The molecule has 3 N–H and O–H groups in total. The first-order valence-corrected chi connectivity index (χ1v) is 14.1. The maximum Gasteiger partial charge on any atom is 0.356 e. The molecule has 4 aromatic rings. The average Bonchev–Trinajstić information content (AvgIpc) is 3.31. The van der Waals surface area contributed by atoms with Gasteiger partial charge in [-0.2, -0.15) is 4.31 Å². The van der Waals surface area contributed by atoms with Crippen molar-refractivity contribution in [1.29, 1.82) is 0 Å². The number of aromatic nitrogens is 1. The van der Waals surface area contributed by atoms with Gasteiger partial charge in [0.05, 0.1) is 12.3 Å². The van der Waals surface area contributed by atoms with Gasteiger partial charge in [-0.15, -0.1) is 0 Å².